The van der Waals surface area contributed by atoms with Gasteiger partial charge in [-0.3, -0.25) is 0 Å². The number of methoxy groups -OCH3 is 1. The number of fused-ring (bicyclic) bond motifs is 2. The third-order valence-electron chi connectivity index (χ3n) is 4.49. The average molecular weight is 549 g/mol. The number of hydrogen-bond donors (Lipinski definition) is 1. The number of imidazole rings is 1. The summed E-state index contributed by atoms with van der Waals surface area (Å²) in [5.41, 5.74) is 0.456. The first-order valence-electron chi connectivity index (χ1n) is 9.12. The predicted octanol–water partition coefficient (Wildman–Crippen LogP) is 3.19. The second kappa shape index (κ2) is 9.65. The standard InChI is InChI=1S/C21H23N3O3.W/c1-16-7-6-14-27-19-10-9-17(26-2)15-18(19)21(25)23-11-5-3-4-8-20-22-12-13-24(16)20;/h3-5,9-13,15-16H,6-7,14H2,1-2H3,(H,23,25);. The second-order valence-corrected chi connectivity index (χ2v) is 8.00. The van der Waals surface area contributed by atoms with Crippen LogP contribution < -0.4 is 14.8 Å². The fraction of sp³-hybridized carbons (Fsp3) is 0.286. The molecule has 1 aliphatic heterocycles. The molecule has 0 spiro atoms. The van der Waals surface area contributed by atoms with Crippen LogP contribution in [0.5, 0.6) is 11.5 Å². The van der Waals surface area contributed by atoms with Crippen LogP contribution in [0.2, 0.25) is 0 Å². The molecule has 1 unspecified atom stereocenters. The summed E-state index contributed by atoms with van der Waals surface area (Å²) in [7, 11) is 1.58. The van der Waals surface area contributed by atoms with Crippen LogP contribution in [0.25, 0.3) is 0 Å². The van der Waals surface area contributed by atoms with Crippen molar-refractivity contribution in [3.8, 4) is 11.5 Å². The van der Waals surface area contributed by atoms with Crippen molar-refractivity contribution in [2.45, 2.75) is 25.8 Å². The second-order valence-electron chi connectivity index (χ2n) is 6.42. The van der Waals surface area contributed by atoms with Crippen molar-refractivity contribution in [3.05, 3.63) is 66.4 Å². The summed E-state index contributed by atoms with van der Waals surface area (Å²) in [5, 5.41) is 2.78. The van der Waals surface area contributed by atoms with E-state index < -0.39 is 0 Å². The summed E-state index contributed by atoms with van der Waals surface area (Å²) in [6.07, 6.45) is 13.0. The van der Waals surface area contributed by atoms with Gasteiger partial charge in [0.15, 0.2) is 0 Å². The van der Waals surface area contributed by atoms with Crippen LogP contribution >= 0.6 is 0 Å². The van der Waals surface area contributed by atoms with Gasteiger partial charge in [0.2, 0.25) is 0 Å². The molecule has 28 heavy (non-hydrogen) atoms. The van der Waals surface area contributed by atoms with Gasteiger partial charge in [-0.2, -0.15) is 0 Å². The number of carbonyl (C=O) groups excluding carboxylic acids is 1. The van der Waals surface area contributed by atoms with Crippen molar-refractivity contribution in [2.75, 3.05) is 13.7 Å². The van der Waals surface area contributed by atoms with Crippen LogP contribution in [0, 0.1) is 0 Å². The first-order chi connectivity index (χ1) is 13.6. The third-order valence-corrected chi connectivity index (χ3v) is 5.63. The summed E-state index contributed by atoms with van der Waals surface area (Å²) in [6, 6.07) is 5.58. The van der Waals surface area contributed by atoms with E-state index in [2.05, 4.69) is 21.8 Å². The molecule has 2 heterocycles. The number of amides is 1. The summed E-state index contributed by atoms with van der Waals surface area (Å²) in [4.78, 5) is 17.1. The Morgan fingerprint density at radius 2 is 2.21 bits per heavy atom. The fourth-order valence-corrected chi connectivity index (χ4v) is 3.82. The van der Waals surface area contributed by atoms with Crippen molar-refractivity contribution in [1.82, 2.24) is 14.9 Å². The molecule has 1 atom stereocenters. The molecule has 6 nitrogen and oxygen atoms in total. The molecule has 0 fully saturated rings. The minimum absolute atomic E-state index is 0.235. The molecule has 1 aliphatic rings. The Bertz CT molecular complexity index is 917. The SMILES string of the molecule is COc1ccc2c(c1)C(=O)NC=CC=C[C](=[W])c1nccn1C(C)CCCO2. The van der Waals surface area contributed by atoms with Crippen molar-refractivity contribution in [1.29, 1.82) is 0 Å². The number of nitrogens with zero attached hydrogens (tertiary/aromatic N) is 2. The Kier molecular flexibility index (Phi) is 6.99. The molecule has 7 heteroatoms. The predicted molar refractivity (Wildman–Crippen MR) is 105 cm³/mol. The van der Waals surface area contributed by atoms with Crippen molar-refractivity contribution >= 4 is 9.81 Å². The van der Waals surface area contributed by atoms with Gasteiger partial charge in [-0.05, 0) is 0 Å². The van der Waals surface area contributed by atoms with Gasteiger partial charge < -0.3 is 0 Å². The molecule has 1 amide bonds. The molecule has 1 aromatic heterocycles. The van der Waals surface area contributed by atoms with E-state index in [9.17, 15) is 4.79 Å². The molecule has 1 N–H and O–H groups in total. The maximum absolute atomic E-state index is 12.6. The Morgan fingerprint density at radius 3 is 3.04 bits per heavy atom. The number of aromatic nitrogens is 2. The maximum atomic E-state index is 12.6. The number of benzene rings is 1. The topological polar surface area (TPSA) is 65.4 Å². The van der Waals surface area contributed by atoms with Crippen LogP contribution in [-0.2, 0) is 19.4 Å². The third kappa shape index (κ3) is 4.87. The van der Waals surface area contributed by atoms with Gasteiger partial charge >= 0.3 is 176 Å². The Hall–Kier alpha value is -2.46. The molecule has 0 saturated heterocycles. The monoisotopic (exact) mass is 549 g/mol. The minimum atomic E-state index is -0.235. The van der Waals surface area contributed by atoms with E-state index in [1.807, 2.05) is 24.5 Å². The van der Waals surface area contributed by atoms with Gasteiger partial charge in [-0.15, -0.1) is 0 Å². The zero-order chi connectivity index (χ0) is 19.9. The van der Waals surface area contributed by atoms with E-state index in [0.29, 0.717) is 29.7 Å². The number of hydrogen-bond acceptors (Lipinski definition) is 4. The zero-order valence-electron chi connectivity index (χ0n) is 15.9. The van der Waals surface area contributed by atoms with E-state index in [1.165, 1.54) is 19.4 Å². The number of ether oxygens (including phenoxy) is 2. The Morgan fingerprint density at radius 1 is 1.36 bits per heavy atom. The first kappa shape index (κ1) is 20.3. The molecular formula is C21H23N3O3W. The van der Waals surface area contributed by atoms with Gasteiger partial charge in [0.25, 0.3) is 0 Å². The van der Waals surface area contributed by atoms with E-state index in [-0.39, 0.29) is 5.91 Å². The van der Waals surface area contributed by atoms with Crippen molar-refractivity contribution < 1.29 is 33.6 Å². The van der Waals surface area contributed by atoms with Gasteiger partial charge in [0.05, 0.1) is 0 Å². The van der Waals surface area contributed by atoms with Crippen LogP contribution in [0.3, 0.4) is 0 Å². The Labute approximate surface area is 175 Å². The molecule has 2 aromatic rings. The molecule has 0 aliphatic carbocycles. The summed E-state index contributed by atoms with van der Waals surface area (Å²) in [6.45, 7) is 2.72. The van der Waals surface area contributed by atoms with E-state index in [0.717, 1.165) is 22.6 Å². The van der Waals surface area contributed by atoms with E-state index in [1.54, 1.807) is 37.6 Å². The number of allylic oxidation sites excluding steroid dienone is 3. The van der Waals surface area contributed by atoms with Crippen LogP contribution in [0.1, 0.15) is 42.0 Å². The number of nitrogens with one attached hydrogen (secondary N) is 1. The first-order valence-corrected chi connectivity index (χ1v) is 10.6. The zero-order valence-corrected chi connectivity index (χ0v) is 18.9. The van der Waals surface area contributed by atoms with Crippen LogP contribution in [-0.4, -0.2) is 33.1 Å². The molecule has 0 saturated carbocycles. The van der Waals surface area contributed by atoms with Gasteiger partial charge in [-0.1, -0.05) is 0 Å². The molecular weight excluding hydrogens is 526 g/mol. The summed E-state index contributed by atoms with van der Waals surface area (Å²) < 4.78 is 14.5. The fourth-order valence-electron chi connectivity index (χ4n) is 2.97. The van der Waals surface area contributed by atoms with E-state index in [4.69, 9.17) is 9.47 Å². The van der Waals surface area contributed by atoms with E-state index >= 15 is 0 Å². The quantitative estimate of drug-likeness (QED) is 0.594. The molecule has 0 radical (unpaired) electrons. The average Bonchev–Trinajstić information content (AvgIpc) is 3.20. The molecule has 146 valence electrons. The summed E-state index contributed by atoms with van der Waals surface area (Å²) in [5.74, 6) is 1.92. The number of rotatable bonds is 1. The van der Waals surface area contributed by atoms with Gasteiger partial charge in [0.1, 0.15) is 0 Å². The van der Waals surface area contributed by atoms with Crippen LogP contribution in [0.15, 0.2) is 55.0 Å². The molecule has 1 aromatic carbocycles. The Balaban J connectivity index is 1.87. The van der Waals surface area contributed by atoms with Gasteiger partial charge in [0, 0.05) is 0 Å². The molecule has 3 rings (SSSR count). The molecule has 0 bridgehead atoms. The van der Waals surface area contributed by atoms with Crippen LogP contribution in [0.4, 0.5) is 0 Å². The van der Waals surface area contributed by atoms with Crippen molar-refractivity contribution in [2.24, 2.45) is 0 Å². The normalized spacial score (nSPS) is 18.0. The van der Waals surface area contributed by atoms with Crippen molar-refractivity contribution in [3.63, 3.8) is 0 Å². The van der Waals surface area contributed by atoms with Gasteiger partial charge in [-0.25, -0.2) is 0 Å². The number of carbonyl (C=O) groups is 1. The summed E-state index contributed by atoms with van der Waals surface area (Å²) >= 11 is 1.34.